The van der Waals surface area contributed by atoms with Gasteiger partial charge in [-0.2, -0.15) is 26.3 Å². The predicted molar refractivity (Wildman–Crippen MR) is 39.6 cm³/mol. The van der Waals surface area contributed by atoms with Crippen molar-refractivity contribution in [1.82, 2.24) is 0 Å². The summed E-state index contributed by atoms with van der Waals surface area (Å²) in [4.78, 5) is 10.3. The molecule has 16 heavy (non-hydrogen) atoms. The van der Waals surface area contributed by atoms with Crippen LogP contribution in [-0.2, 0) is 4.79 Å². The Hall–Kier alpha value is -1.05. The highest BCUT2D eigenvalue weighted by Crippen LogP contribution is 2.67. The molecular weight excluding hydrogens is 242 g/mol. The first-order valence-corrected chi connectivity index (χ1v) is 3.97. The van der Waals surface area contributed by atoms with Gasteiger partial charge in [0, 0.05) is 0 Å². The molecule has 2 nitrogen and oxygen atoms in total. The van der Waals surface area contributed by atoms with Crippen LogP contribution in [0.2, 0.25) is 0 Å². The molecule has 1 aliphatic rings. The first kappa shape index (κ1) is 13.0. The summed E-state index contributed by atoms with van der Waals surface area (Å²) in [6.07, 6.45) is -0.107. The number of carbonyl (C=O) groups excluding carboxylic acids is 1. The average Bonchev–Trinajstić information content (AvgIpc) is 2.11. The monoisotopic (exact) mass is 248 g/mol. The second-order valence-corrected chi connectivity index (χ2v) is 3.43. The minimum Gasteiger partial charge on any atom is -0.374 e. The van der Waals surface area contributed by atoms with Crippen LogP contribution >= 0.6 is 0 Å². The van der Waals surface area contributed by atoms with Gasteiger partial charge in [0.05, 0.1) is 0 Å². The highest BCUT2D eigenvalue weighted by Gasteiger charge is 2.97. The van der Waals surface area contributed by atoms with Gasteiger partial charge in [-0.3, -0.25) is 4.79 Å². The Morgan fingerprint density at radius 3 is 1.69 bits per heavy atom. The molecule has 0 atom stereocenters. The Labute approximate surface area is 85.5 Å². The van der Waals surface area contributed by atoms with Crippen LogP contribution in [0.1, 0.15) is 6.92 Å². The molecule has 0 aromatic rings. The molecule has 0 saturated heterocycles. The molecule has 1 fully saturated rings. The zero-order valence-electron chi connectivity index (χ0n) is 7.78. The van der Waals surface area contributed by atoms with E-state index in [4.69, 9.17) is 5.11 Å². The van der Waals surface area contributed by atoms with Crippen LogP contribution in [0.3, 0.4) is 0 Å². The third kappa shape index (κ3) is 1.10. The fourth-order valence-corrected chi connectivity index (χ4v) is 1.26. The van der Waals surface area contributed by atoms with Crippen molar-refractivity contribution >= 4 is 5.78 Å². The lowest BCUT2D eigenvalue weighted by Crippen LogP contribution is -2.85. The number of halogens is 6. The summed E-state index contributed by atoms with van der Waals surface area (Å²) in [7, 11) is 0. The standard InChI is InChI=1S/C8H6F6O2/c1-4(15)2-3-5(16)6(9,10)8(13,14)7(5,11)12/h2-3,16H,1H3. The van der Waals surface area contributed by atoms with Crippen molar-refractivity contribution in [3.63, 3.8) is 0 Å². The number of alkyl halides is 6. The van der Waals surface area contributed by atoms with E-state index in [0.717, 1.165) is 6.92 Å². The number of allylic oxidation sites excluding steroid dienone is 1. The number of ketones is 1. The smallest absolute Gasteiger partial charge is 0.374 e. The second-order valence-electron chi connectivity index (χ2n) is 3.43. The van der Waals surface area contributed by atoms with E-state index in [0.29, 0.717) is 0 Å². The lowest BCUT2D eigenvalue weighted by molar-refractivity contribution is -0.475. The van der Waals surface area contributed by atoms with E-state index >= 15 is 0 Å². The topological polar surface area (TPSA) is 37.3 Å². The number of rotatable bonds is 2. The Bertz CT molecular complexity index is 342. The van der Waals surface area contributed by atoms with Gasteiger partial charge in [-0.1, -0.05) is 0 Å². The first-order chi connectivity index (χ1) is 6.92. The van der Waals surface area contributed by atoms with Gasteiger partial charge >= 0.3 is 17.8 Å². The summed E-state index contributed by atoms with van der Waals surface area (Å²) in [6, 6.07) is 0. The fraction of sp³-hybridized carbons (Fsp3) is 0.625. The van der Waals surface area contributed by atoms with E-state index in [1.807, 2.05) is 0 Å². The lowest BCUT2D eigenvalue weighted by Gasteiger charge is -2.54. The van der Waals surface area contributed by atoms with Crippen molar-refractivity contribution in [3.05, 3.63) is 12.2 Å². The molecule has 1 saturated carbocycles. The SMILES string of the molecule is CC(=O)C=CC1(O)C(F)(F)C(F)(F)C1(F)F. The quantitative estimate of drug-likeness (QED) is 0.597. The zero-order chi connectivity index (χ0) is 13.0. The number of hydrogen-bond donors (Lipinski definition) is 1. The largest absolute Gasteiger partial charge is 0.379 e. The van der Waals surface area contributed by atoms with Crippen LogP contribution in [-0.4, -0.2) is 34.3 Å². The lowest BCUT2D eigenvalue weighted by atomic mass is 9.68. The fourth-order valence-electron chi connectivity index (χ4n) is 1.26. The molecule has 0 radical (unpaired) electrons. The molecule has 1 N–H and O–H groups in total. The van der Waals surface area contributed by atoms with Crippen LogP contribution in [0.5, 0.6) is 0 Å². The molecule has 0 aliphatic heterocycles. The van der Waals surface area contributed by atoms with Crippen molar-refractivity contribution < 1.29 is 36.2 Å². The summed E-state index contributed by atoms with van der Waals surface area (Å²) in [5.74, 6) is -17.2. The molecule has 92 valence electrons. The highest BCUT2D eigenvalue weighted by molar-refractivity contribution is 5.87. The summed E-state index contributed by atoms with van der Waals surface area (Å²) in [5.41, 5.74) is -4.34. The molecule has 8 heteroatoms. The van der Waals surface area contributed by atoms with Gasteiger partial charge in [0.15, 0.2) is 5.78 Å². The molecule has 0 amide bonds. The minimum atomic E-state index is -5.64. The van der Waals surface area contributed by atoms with E-state index in [2.05, 4.69) is 0 Å². The molecule has 1 rings (SSSR count). The van der Waals surface area contributed by atoms with E-state index < -0.39 is 29.2 Å². The minimum absolute atomic E-state index is 0.192. The van der Waals surface area contributed by atoms with Gasteiger partial charge in [0.25, 0.3) is 0 Å². The molecule has 0 unspecified atom stereocenters. The van der Waals surface area contributed by atoms with Crippen LogP contribution in [0.25, 0.3) is 0 Å². The van der Waals surface area contributed by atoms with Gasteiger partial charge in [-0.15, -0.1) is 0 Å². The van der Waals surface area contributed by atoms with Crippen LogP contribution in [0, 0.1) is 0 Å². The summed E-state index contributed by atoms with van der Waals surface area (Å²) >= 11 is 0. The molecule has 1 aliphatic carbocycles. The Balaban J connectivity index is 3.20. The molecule has 0 bridgehead atoms. The number of carbonyl (C=O) groups is 1. The maximum absolute atomic E-state index is 12.7. The van der Waals surface area contributed by atoms with Crippen LogP contribution in [0.4, 0.5) is 26.3 Å². The van der Waals surface area contributed by atoms with Crippen molar-refractivity contribution in [3.8, 4) is 0 Å². The van der Waals surface area contributed by atoms with Gasteiger partial charge in [-0.05, 0) is 19.1 Å². The maximum atomic E-state index is 12.7. The van der Waals surface area contributed by atoms with Gasteiger partial charge in [0.1, 0.15) is 0 Å². The van der Waals surface area contributed by atoms with E-state index in [1.165, 1.54) is 0 Å². The molecule has 0 aromatic carbocycles. The predicted octanol–water partition coefficient (Wildman–Crippen LogP) is 1.78. The van der Waals surface area contributed by atoms with Gasteiger partial charge in [0.2, 0.25) is 5.60 Å². The second kappa shape index (κ2) is 2.99. The van der Waals surface area contributed by atoms with Crippen molar-refractivity contribution in [2.75, 3.05) is 0 Å². The maximum Gasteiger partial charge on any atom is 0.379 e. The van der Waals surface area contributed by atoms with Gasteiger partial charge in [-0.25, -0.2) is 0 Å². The number of aliphatic hydroxyl groups is 1. The normalized spacial score (nSPS) is 28.8. The zero-order valence-corrected chi connectivity index (χ0v) is 7.78. The first-order valence-electron chi connectivity index (χ1n) is 3.97. The van der Waals surface area contributed by atoms with E-state index in [1.54, 1.807) is 0 Å². The summed E-state index contributed by atoms with van der Waals surface area (Å²) < 4.78 is 75.3. The summed E-state index contributed by atoms with van der Waals surface area (Å²) in [6.45, 7) is 0.826. The van der Waals surface area contributed by atoms with Crippen LogP contribution in [0.15, 0.2) is 12.2 Å². The average molecular weight is 248 g/mol. The number of hydrogen-bond acceptors (Lipinski definition) is 2. The van der Waals surface area contributed by atoms with Crippen molar-refractivity contribution in [1.29, 1.82) is 0 Å². The molecule has 0 spiro atoms. The van der Waals surface area contributed by atoms with Gasteiger partial charge < -0.3 is 5.11 Å². The molecule has 0 heterocycles. The van der Waals surface area contributed by atoms with Crippen molar-refractivity contribution in [2.45, 2.75) is 30.3 Å². The summed E-state index contributed by atoms with van der Waals surface area (Å²) in [5, 5.41) is 8.83. The Morgan fingerprint density at radius 2 is 1.38 bits per heavy atom. The Morgan fingerprint density at radius 1 is 1.00 bits per heavy atom. The molecular formula is C8H6F6O2. The Kier molecular flexibility index (Phi) is 2.44. The van der Waals surface area contributed by atoms with E-state index in [9.17, 15) is 31.1 Å². The van der Waals surface area contributed by atoms with E-state index in [-0.39, 0.29) is 12.2 Å². The highest BCUT2D eigenvalue weighted by atomic mass is 19.4. The molecule has 0 aromatic heterocycles. The van der Waals surface area contributed by atoms with Crippen molar-refractivity contribution in [2.24, 2.45) is 0 Å². The van der Waals surface area contributed by atoms with Crippen LogP contribution < -0.4 is 0 Å². The third-order valence-electron chi connectivity index (χ3n) is 2.31. The third-order valence-corrected chi connectivity index (χ3v) is 2.31.